The van der Waals surface area contributed by atoms with Crippen molar-refractivity contribution < 1.29 is 19.7 Å². The lowest BCUT2D eigenvalue weighted by molar-refractivity contribution is -0.0194. The summed E-state index contributed by atoms with van der Waals surface area (Å²) in [5.74, 6) is 2.80. The molecule has 0 amide bonds. The topological polar surface area (TPSA) is 65.4 Å². The van der Waals surface area contributed by atoms with Crippen molar-refractivity contribution in [3.63, 3.8) is 0 Å². The maximum Gasteiger partial charge on any atom is 0.118 e. The third-order valence-corrected chi connectivity index (χ3v) is 12.7. The molecule has 3 saturated carbocycles. The zero-order chi connectivity index (χ0) is 40.1. The summed E-state index contributed by atoms with van der Waals surface area (Å²) in [6.07, 6.45) is 20.5. The molecular formula is C49H69ClN2O4. The van der Waals surface area contributed by atoms with Gasteiger partial charge in [-0.1, -0.05) is 105 Å². The maximum absolute atomic E-state index is 12.2. The molecule has 4 unspecified atom stereocenters. The molecule has 4 atom stereocenters. The fraction of sp³-hybridized carbons (Fsp3) is 0.551. The third kappa shape index (κ3) is 11.7. The second-order valence-corrected chi connectivity index (χ2v) is 17.6. The van der Waals surface area contributed by atoms with Gasteiger partial charge in [0.05, 0.1) is 19.8 Å². The van der Waals surface area contributed by atoms with Crippen molar-refractivity contribution >= 4 is 23.8 Å². The second kappa shape index (κ2) is 21.0. The second-order valence-electron chi connectivity index (χ2n) is 17.2. The highest BCUT2D eigenvalue weighted by molar-refractivity contribution is 6.30. The van der Waals surface area contributed by atoms with E-state index in [2.05, 4.69) is 62.3 Å². The lowest BCUT2D eigenvalue weighted by Crippen LogP contribution is -2.45. The van der Waals surface area contributed by atoms with E-state index in [9.17, 15) is 10.2 Å². The monoisotopic (exact) mass is 784 g/mol. The van der Waals surface area contributed by atoms with Gasteiger partial charge in [-0.25, -0.2) is 0 Å². The van der Waals surface area contributed by atoms with Crippen molar-refractivity contribution in [2.45, 2.75) is 101 Å². The van der Waals surface area contributed by atoms with E-state index in [1.54, 1.807) is 14.2 Å². The van der Waals surface area contributed by atoms with E-state index in [1.165, 1.54) is 56.1 Å². The molecule has 0 heterocycles. The first kappa shape index (κ1) is 44.0. The Morgan fingerprint density at radius 1 is 0.643 bits per heavy atom. The van der Waals surface area contributed by atoms with Crippen LogP contribution in [0.15, 0.2) is 83.9 Å². The van der Waals surface area contributed by atoms with E-state index in [-0.39, 0.29) is 5.92 Å². The zero-order valence-electron chi connectivity index (χ0n) is 35.1. The molecule has 0 saturated heterocycles. The summed E-state index contributed by atoms with van der Waals surface area (Å²) in [6.45, 7) is 1.78. The van der Waals surface area contributed by atoms with Crippen LogP contribution in [0.4, 0.5) is 0 Å². The molecule has 6 nitrogen and oxygen atoms in total. The molecule has 56 heavy (non-hydrogen) atoms. The van der Waals surface area contributed by atoms with E-state index in [0.29, 0.717) is 16.9 Å². The summed E-state index contributed by atoms with van der Waals surface area (Å²) in [4.78, 5) is 4.42. The normalized spacial score (nSPS) is 26.4. The van der Waals surface area contributed by atoms with Crippen LogP contribution in [-0.4, -0.2) is 81.1 Å². The lowest BCUT2D eigenvalue weighted by Gasteiger charge is -2.41. The summed E-state index contributed by atoms with van der Waals surface area (Å²) >= 11 is 6.31. The van der Waals surface area contributed by atoms with E-state index < -0.39 is 11.2 Å². The van der Waals surface area contributed by atoms with Gasteiger partial charge in [-0.15, -0.1) is 0 Å². The first-order valence-corrected chi connectivity index (χ1v) is 21.5. The van der Waals surface area contributed by atoms with Crippen LogP contribution >= 0.6 is 11.6 Å². The zero-order valence-corrected chi connectivity index (χ0v) is 35.9. The molecule has 6 rings (SSSR count). The summed E-state index contributed by atoms with van der Waals surface area (Å²) in [5.41, 5.74) is 3.73. The Balaban J connectivity index is 0.000000214. The molecule has 2 N–H and O–H groups in total. The summed E-state index contributed by atoms with van der Waals surface area (Å²) in [6, 6.07) is 23.9. The Hall–Kier alpha value is -3.13. The molecule has 3 aliphatic rings. The average Bonchev–Trinajstić information content (AvgIpc) is 3.43. The Morgan fingerprint density at radius 2 is 1.14 bits per heavy atom. The maximum atomic E-state index is 12.2. The van der Waals surface area contributed by atoms with Crippen LogP contribution in [0.5, 0.6) is 11.5 Å². The fourth-order valence-corrected chi connectivity index (χ4v) is 9.79. The van der Waals surface area contributed by atoms with Crippen molar-refractivity contribution in [2.24, 2.45) is 17.8 Å². The van der Waals surface area contributed by atoms with Crippen molar-refractivity contribution in [3.8, 4) is 11.5 Å². The van der Waals surface area contributed by atoms with Gasteiger partial charge >= 0.3 is 0 Å². The van der Waals surface area contributed by atoms with Crippen molar-refractivity contribution in [2.75, 3.05) is 55.5 Å². The molecule has 3 fully saturated rings. The van der Waals surface area contributed by atoms with Gasteiger partial charge < -0.3 is 29.5 Å². The number of methoxy groups -OCH3 is 2. The number of aliphatic hydroxyl groups is 2. The van der Waals surface area contributed by atoms with Crippen molar-refractivity contribution in [1.29, 1.82) is 0 Å². The highest BCUT2D eigenvalue weighted by Gasteiger charge is 2.44. The van der Waals surface area contributed by atoms with Gasteiger partial charge in [-0.05, 0) is 143 Å². The Morgan fingerprint density at radius 3 is 1.68 bits per heavy atom. The quantitative estimate of drug-likeness (QED) is 0.189. The number of hydrogen-bond donors (Lipinski definition) is 2. The summed E-state index contributed by atoms with van der Waals surface area (Å²) < 4.78 is 10.6. The van der Waals surface area contributed by atoms with Crippen LogP contribution in [-0.2, 0) is 5.60 Å². The minimum Gasteiger partial charge on any atom is -0.497 e. The SMILES string of the molecule is COc1ccc(C=C2CCCCC(CN(C)C)C2(O)CC2CCCCC2)cc1.COc1ccc(C=C2CCCCC(CN(C)C)C2(O)c2cccc(Cl)c2)cc1. The molecule has 3 aromatic carbocycles. The van der Waals surface area contributed by atoms with Crippen LogP contribution in [0.25, 0.3) is 12.2 Å². The predicted octanol–water partition coefficient (Wildman–Crippen LogP) is 10.9. The third-order valence-electron chi connectivity index (χ3n) is 12.5. The van der Waals surface area contributed by atoms with Gasteiger partial charge in [0.15, 0.2) is 0 Å². The Kier molecular flexibility index (Phi) is 16.5. The van der Waals surface area contributed by atoms with Gasteiger partial charge in [-0.3, -0.25) is 0 Å². The number of nitrogens with zero attached hydrogens (tertiary/aromatic N) is 2. The number of halogens is 1. The van der Waals surface area contributed by atoms with Gasteiger partial charge in [0.1, 0.15) is 17.1 Å². The first-order chi connectivity index (χ1) is 26.9. The molecule has 7 heteroatoms. The molecule has 0 aromatic heterocycles. The minimum atomic E-state index is -1.04. The highest BCUT2D eigenvalue weighted by Crippen LogP contribution is 2.47. The van der Waals surface area contributed by atoms with Gasteiger partial charge in [0, 0.05) is 29.9 Å². The lowest BCUT2D eigenvalue weighted by atomic mass is 9.70. The standard InChI is InChI=1S/C25H39NO2.C24H30ClNO2/c1-26(2)19-23-12-8-7-11-22(17-20-13-15-24(28-3)16-14-20)25(23,27)18-21-9-5-4-6-10-21;1-26(2)17-21-8-5-4-7-19(15-18-11-13-23(28-3)14-12-18)24(21,27)20-9-6-10-22(25)16-20/h13-17,21,23,27H,4-12,18-19H2,1-3H3;6,9-16,21,27H,4-5,7-8,17H2,1-3H3. The number of rotatable bonds is 11. The van der Waals surface area contributed by atoms with Crippen LogP contribution in [0.2, 0.25) is 5.02 Å². The summed E-state index contributed by atoms with van der Waals surface area (Å²) in [5, 5.41) is 25.1. The molecule has 306 valence electrons. The number of ether oxygens (including phenoxy) is 2. The highest BCUT2D eigenvalue weighted by atomic mass is 35.5. The van der Waals surface area contributed by atoms with Gasteiger partial charge in [0.25, 0.3) is 0 Å². The van der Waals surface area contributed by atoms with E-state index in [0.717, 1.165) is 86.2 Å². The first-order valence-electron chi connectivity index (χ1n) is 21.1. The molecule has 0 radical (unpaired) electrons. The number of benzene rings is 3. The van der Waals surface area contributed by atoms with E-state index in [1.807, 2.05) is 60.7 Å². The van der Waals surface area contributed by atoms with Crippen LogP contribution in [0.1, 0.15) is 107 Å². The molecule has 3 aromatic rings. The summed E-state index contributed by atoms with van der Waals surface area (Å²) in [7, 11) is 11.8. The van der Waals surface area contributed by atoms with Gasteiger partial charge in [-0.2, -0.15) is 0 Å². The Labute approximate surface area is 343 Å². The van der Waals surface area contributed by atoms with Crippen LogP contribution < -0.4 is 9.47 Å². The molecule has 3 aliphatic carbocycles. The molecule has 0 spiro atoms. The van der Waals surface area contributed by atoms with Crippen LogP contribution in [0.3, 0.4) is 0 Å². The van der Waals surface area contributed by atoms with Gasteiger partial charge in [0.2, 0.25) is 0 Å². The number of hydrogen-bond acceptors (Lipinski definition) is 6. The van der Waals surface area contributed by atoms with Crippen LogP contribution in [0, 0.1) is 17.8 Å². The molecule has 0 bridgehead atoms. The smallest absolute Gasteiger partial charge is 0.118 e. The average molecular weight is 786 g/mol. The molecular weight excluding hydrogens is 716 g/mol. The van der Waals surface area contributed by atoms with Crippen molar-refractivity contribution in [3.05, 3.63) is 106 Å². The fourth-order valence-electron chi connectivity index (χ4n) is 9.60. The van der Waals surface area contributed by atoms with Crippen molar-refractivity contribution in [1.82, 2.24) is 9.80 Å². The van der Waals surface area contributed by atoms with E-state index in [4.69, 9.17) is 21.1 Å². The predicted molar refractivity (Wildman–Crippen MR) is 234 cm³/mol. The largest absolute Gasteiger partial charge is 0.497 e. The molecule has 0 aliphatic heterocycles. The Bertz CT molecular complexity index is 1700. The van der Waals surface area contributed by atoms with E-state index >= 15 is 0 Å². The minimum absolute atomic E-state index is 0.105.